The molecule has 1 aromatic rings. The average Bonchev–Trinajstić information content (AvgIpc) is 2.81. The minimum Gasteiger partial charge on any atom is -0.313 e. The molecular weight excluding hydrogens is 334 g/mol. The summed E-state index contributed by atoms with van der Waals surface area (Å²) < 4.78 is 50.7. The largest absolute Gasteiger partial charge is 0.313 e. The lowest BCUT2D eigenvalue weighted by Crippen LogP contribution is -2.38. The van der Waals surface area contributed by atoms with Crippen molar-refractivity contribution in [2.24, 2.45) is 4.99 Å². The molecule has 2 heterocycles. The van der Waals surface area contributed by atoms with Crippen molar-refractivity contribution >= 4 is 38.4 Å². The number of rotatable bonds is 1. The fraction of sp³-hybridized carbons (Fsp3) is 0.385. The van der Waals surface area contributed by atoms with Crippen LogP contribution in [0.5, 0.6) is 0 Å². The topological polar surface area (TPSA) is 66.8 Å². The molecule has 0 bridgehead atoms. The number of halogens is 2. The molecule has 2 atom stereocenters. The molecule has 2 saturated heterocycles. The number of benzene rings is 1. The second-order valence-corrected chi connectivity index (χ2v) is 8.54. The van der Waals surface area contributed by atoms with Crippen molar-refractivity contribution < 1.29 is 22.0 Å². The van der Waals surface area contributed by atoms with Gasteiger partial charge in [-0.1, -0.05) is 11.8 Å². The standard InChI is InChI=1S/C13H12F2N2O3S2/c1-7(18)16-13-17(10-3-2-8(14)4-9(10)15)11-5-22(19,20)6-12(11)21-13/h2-4,11-12H,5-6H2,1H3/t11-,12-/m0/s1. The Morgan fingerprint density at radius 3 is 2.73 bits per heavy atom. The second kappa shape index (κ2) is 5.31. The predicted octanol–water partition coefficient (Wildman–Crippen LogP) is 1.59. The molecule has 1 aromatic carbocycles. The number of sulfone groups is 1. The number of thioether (sulfide) groups is 1. The van der Waals surface area contributed by atoms with Crippen molar-refractivity contribution in [2.75, 3.05) is 16.4 Å². The highest BCUT2D eigenvalue weighted by molar-refractivity contribution is 8.16. The van der Waals surface area contributed by atoms with Crippen LogP contribution in [0.1, 0.15) is 6.92 Å². The number of fused-ring (bicyclic) bond motifs is 1. The Morgan fingerprint density at radius 1 is 1.36 bits per heavy atom. The number of hydrogen-bond donors (Lipinski definition) is 0. The first-order chi connectivity index (χ1) is 10.3. The summed E-state index contributed by atoms with van der Waals surface area (Å²) in [6.45, 7) is 1.26. The average molecular weight is 346 g/mol. The molecule has 5 nitrogen and oxygen atoms in total. The van der Waals surface area contributed by atoms with E-state index in [1.165, 1.54) is 17.9 Å². The lowest BCUT2D eigenvalue weighted by Gasteiger charge is -2.24. The number of nitrogens with zero attached hydrogens (tertiary/aromatic N) is 2. The fourth-order valence-corrected chi connectivity index (χ4v) is 6.61. The lowest BCUT2D eigenvalue weighted by molar-refractivity contribution is -0.115. The summed E-state index contributed by atoms with van der Waals surface area (Å²) in [5.74, 6) is -2.19. The Labute approximate surface area is 130 Å². The van der Waals surface area contributed by atoms with E-state index >= 15 is 0 Å². The maximum atomic E-state index is 14.1. The van der Waals surface area contributed by atoms with Crippen LogP contribution in [0, 0.1) is 11.6 Å². The zero-order valence-corrected chi connectivity index (χ0v) is 13.1. The summed E-state index contributed by atoms with van der Waals surface area (Å²) in [6.07, 6.45) is 0. The third kappa shape index (κ3) is 2.74. The zero-order valence-electron chi connectivity index (χ0n) is 11.5. The van der Waals surface area contributed by atoms with E-state index in [-0.39, 0.29) is 27.6 Å². The number of anilines is 1. The van der Waals surface area contributed by atoms with E-state index in [9.17, 15) is 22.0 Å². The Balaban J connectivity index is 2.08. The van der Waals surface area contributed by atoms with E-state index in [4.69, 9.17) is 0 Å². The van der Waals surface area contributed by atoms with Crippen LogP contribution in [-0.2, 0) is 14.6 Å². The van der Waals surface area contributed by atoms with Crippen LogP contribution in [0.25, 0.3) is 0 Å². The Morgan fingerprint density at radius 2 is 2.09 bits per heavy atom. The molecule has 0 saturated carbocycles. The molecule has 0 N–H and O–H groups in total. The van der Waals surface area contributed by atoms with Crippen molar-refractivity contribution in [3.63, 3.8) is 0 Å². The van der Waals surface area contributed by atoms with Gasteiger partial charge in [-0.25, -0.2) is 17.2 Å². The van der Waals surface area contributed by atoms with Crippen molar-refractivity contribution in [2.45, 2.75) is 18.2 Å². The normalized spacial score (nSPS) is 28.1. The number of aliphatic imine (C=N–C) groups is 1. The lowest BCUT2D eigenvalue weighted by atomic mass is 10.2. The fourth-order valence-electron chi connectivity index (χ4n) is 2.66. The van der Waals surface area contributed by atoms with Crippen LogP contribution in [0.2, 0.25) is 0 Å². The summed E-state index contributed by atoms with van der Waals surface area (Å²) in [5.41, 5.74) is 0.0264. The van der Waals surface area contributed by atoms with E-state index in [0.717, 1.165) is 23.9 Å². The van der Waals surface area contributed by atoms with Gasteiger partial charge in [-0.05, 0) is 12.1 Å². The SMILES string of the molecule is CC(=O)N=C1S[C@H]2CS(=O)(=O)C[C@@H]2N1c1ccc(F)cc1F. The van der Waals surface area contributed by atoms with Crippen LogP contribution < -0.4 is 4.90 Å². The predicted molar refractivity (Wildman–Crippen MR) is 80.8 cm³/mol. The molecule has 2 aliphatic heterocycles. The van der Waals surface area contributed by atoms with Crippen LogP contribution >= 0.6 is 11.8 Å². The van der Waals surface area contributed by atoms with Crippen LogP contribution in [-0.4, -0.2) is 42.3 Å². The number of amidine groups is 1. The summed E-state index contributed by atoms with van der Waals surface area (Å²) in [7, 11) is -3.22. The molecule has 0 unspecified atom stereocenters. The van der Waals surface area contributed by atoms with Crippen LogP contribution in [0.4, 0.5) is 14.5 Å². The highest BCUT2D eigenvalue weighted by Gasteiger charge is 2.49. The van der Waals surface area contributed by atoms with Gasteiger partial charge in [0, 0.05) is 18.2 Å². The first-order valence-corrected chi connectivity index (χ1v) is 9.17. The van der Waals surface area contributed by atoms with Gasteiger partial charge in [0.2, 0.25) is 5.91 Å². The molecule has 0 spiro atoms. The maximum absolute atomic E-state index is 14.1. The highest BCUT2D eigenvalue weighted by Crippen LogP contribution is 2.41. The third-order valence-corrected chi connectivity index (χ3v) is 6.70. The van der Waals surface area contributed by atoms with Gasteiger partial charge in [-0.15, -0.1) is 0 Å². The highest BCUT2D eigenvalue weighted by atomic mass is 32.2. The Hall–Kier alpha value is -1.48. The Bertz CT molecular complexity index is 779. The van der Waals surface area contributed by atoms with Gasteiger partial charge in [0.05, 0.1) is 23.2 Å². The van der Waals surface area contributed by atoms with Gasteiger partial charge in [0.15, 0.2) is 15.0 Å². The summed E-state index contributed by atoms with van der Waals surface area (Å²) in [6, 6.07) is 2.54. The molecule has 2 fully saturated rings. The molecule has 2 aliphatic rings. The molecular formula is C13H12F2N2O3S2. The maximum Gasteiger partial charge on any atom is 0.244 e. The zero-order chi connectivity index (χ0) is 16.1. The van der Waals surface area contributed by atoms with Crippen molar-refractivity contribution in [1.29, 1.82) is 0 Å². The smallest absolute Gasteiger partial charge is 0.244 e. The van der Waals surface area contributed by atoms with E-state index in [2.05, 4.69) is 4.99 Å². The number of carbonyl (C=O) groups excluding carboxylic acids is 1. The molecule has 1 amide bonds. The van der Waals surface area contributed by atoms with Gasteiger partial charge in [0.25, 0.3) is 0 Å². The first kappa shape index (κ1) is 15.4. The minimum absolute atomic E-state index is 0.0264. The van der Waals surface area contributed by atoms with Gasteiger partial charge in [-0.2, -0.15) is 4.99 Å². The van der Waals surface area contributed by atoms with Crippen LogP contribution in [0.15, 0.2) is 23.2 Å². The minimum atomic E-state index is -3.22. The van der Waals surface area contributed by atoms with E-state index in [1.54, 1.807) is 0 Å². The quantitative estimate of drug-likeness (QED) is 0.772. The summed E-state index contributed by atoms with van der Waals surface area (Å²) >= 11 is 1.14. The van der Waals surface area contributed by atoms with Gasteiger partial charge in [0.1, 0.15) is 11.6 Å². The molecule has 3 rings (SSSR count). The second-order valence-electron chi connectivity index (χ2n) is 5.18. The number of amides is 1. The molecule has 118 valence electrons. The number of carbonyl (C=O) groups is 1. The molecule has 0 radical (unpaired) electrons. The Kier molecular flexibility index (Phi) is 3.72. The third-order valence-electron chi connectivity index (χ3n) is 3.49. The first-order valence-electron chi connectivity index (χ1n) is 6.47. The monoisotopic (exact) mass is 346 g/mol. The molecule has 0 aromatic heterocycles. The van der Waals surface area contributed by atoms with Crippen molar-refractivity contribution in [3.05, 3.63) is 29.8 Å². The van der Waals surface area contributed by atoms with Crippen molar-refractivity contribution in [1.82, 2.24) is 0 Å². The number of hydrogen-bond acceptors (Lipinski definition) is 4. The van der Waals surface area contributed by atoms with E-state index in [0.29, 0.717) is 0 Å². The van der Waals surface area contributed by atoms with Gasteiger partial charge < -0.3 is 4.90 Å². The van der Waals surface area contributed by atoms with E-state index < -0.39 is 33.4 Å². The molecule has 22 heavy (non-hydrogen) atoms. The van der Waals surface area contributed by atoms with Crippen LogP contribution in [0.3, 0.4) is 0 Å². The van der Waals surface area contributed by atoms with E-state index in [1.807, 2.05) is 0 Å². The summed E-state index contributed by atoms with van der Waals surface area (Å²) in [5, 5.41) is -0.0598. The molecule has 9 heteroatoms. The van der Waals surface area contributed by atoms with Gasteiger partial charge >= 0.3 is 0 Å². The summed E-state index contributed by atoms with van der Waals surface area (Å²) in [4.78, 5) is 16.5. The van der Waals surface area contributed by atoms with Gasteiger partial charge in [-0.3, -0.25) is 4.79 Å². The van der Waals surface area contributed by atoms with Crippen molar-refractivity contribution in [3.8, 4) is 0 Å². The molecule has 0 aliphatic carbocycles.